The monoisotopic (exact) mass is 297 g/mol. The molecule has 1 fully saturated rings. The first-order valence-electron chi connectivity index (χ1n) is 7.41. The Labute approximate surface area is 130 Å². The van der Waals surface area contributed by atoms with Gasteiger partial charge < -0.3 is 4.74 Å². The maximum Gasteiger partial charge on any atom is 0.124 e. The van der Waals surface area contributed by atoms with Crippen LogP contribution >= 0.6 is 0 Å². The lowest BCUT2D eigenvalue weighted by Gasteiger charge is -2.23. The van der Waals surface area contributed by atoms with Crippen LogP contribution in [0, 0.1) is 0 Å². The van der Waals surface area contributed by atoms with Crippen molar-refractivity contribution in [3.05, 3.63) is 59.4 Å². The van der Waals surface area contributed by atoms with E-state index in [-0.39, 0.29) is 6.10 Å². The van der Waals surface area contributed by atoms with Crippen LogP contribution in [-0.4, -0.2) is 18.7 Å². The molecule has 114 valence electrons. The van der Waals surface area contributed by atoms with E-state index < -0.39 is 0 Å². The third-order valence-electron chi connectivity index (χ3n) is 3.65. The standard InChI is InChI=1S/C18H19NO3/c1-20-17-7-6-15(5-4-14-8-10-19-11-9-14)13-16(17)18-3-2-12-21-22-18/h4-11,13,18H,2-3,12H2,1H3. The van der Waals surface area contributed by atoms with Gasteiger partial charge in [0.2, 0.25) is 0 Å². The smallest absolute Gasteiger partial charge is 0.124 e. The summed E-state index contributed by atoms with van der Waals surface area (Å²) in [4.78, 5) is 14.6. The highest BCUT2D eigenvalue weighted by Gasteiger charge is 2.21. The van der Waals surface area contributed by atoms with Crippen molar-refractivity contribution in [2.75, 3.05) is 13.7 Å². The minimum Gasteiger partial charge on any atom is -0.496 e. The fraction of sp³-hybridized carbons (Fsp3) is 0.278. The Balaban J connectivity index is 1.85. The number of aromatic nitrogens is 1. The van der Waals surface area contributed by atoms with Crippen LogP contribution in [0.15, 0.2) is 42.7 Å². The van der Waals surface area contributed by atoms with Crippen LogP contribution in [0.1, 0.15) is 35.6 Å². The second-order valence-electron chi connectivity index (χ2n) is 5.16. The van der Waals surface area contributed by atoms with Gasteiger partial charge in [-0.15, -0.1) is 0 Å². The van der Waals surface area contributed by atoms with E-state index in [0.717, 1.165) is 35.3 Å². The number of pyridine rings is 1. The van der Waals surface area contributed by atoms with Gasteiger partial charge in [-0.3, -0.25) is 4.98 Å². The normalized spacial score (nSPS) is 18.5. The van der Waals surface area contributed by atoms with E-state index >= 15 is 0 Å². The maximum atomic E-state index is 5.45. The highest BCUT2D eigenvalue weighted by Crippen LogP contribution is 2.34. The van der Waals surface area contributed by atoms with Crippen LogP contribution in [0.25, 0.3) is 12.2 Å². The summed E-state index contributed by atoms with van der Waals surface area (Å²) in [7, 11) is 1.68. The quantitative estimate of drug-likeness (QED) is 0.798. The minimum atomic E-state index is -0.0713. The second kappa shape index (κ2) is 7.20. The van der Waals surface area contributed by atoms with Crippen molar-refractivity contribution in [2.24, 2.45) is 0 Å². The summed E-state index contributed by atoms with van der Waals surface area (Å²) in [5, 5.41) is 0. The van der Waals surface area contributed by atoms with Crippen molar-refractivity contribution < 1.29 is 14.5 Å². The molecule has 4 heteroatoms. The average molecular weight is 297 g/mol. The van der Waals surface area contributed by atoms with Crippen molar-refractivity contribution in [1.29, 1.82) is 0 Å². The fourth-order valence-corrected chi connectivity index (χ4v) is 2.49. The molecule has 2 aromatic rings. The van der Waals surface area contributed by atoms with E-state index in [2.05, 4.69) is 23.2 Å². The van der Waals surface area contributed by atoms with Gasteiger partial charge in [-0.2, -0.15) is 0 Å². The molecule has 0 bridgehead atoms. The molecular formula is C18H19NO3. The van der Waals surface area contributed by atoms with Gasteiger partial charge in [0, 0.05) is 18.0 Å². The van der Waals surface area contributed by atoms with Gasteiger partial charge in [-0.05, 0) is 48.2 Å². The summed E-state index contributed by atoms with van der Waals surface area (Å²) < 4.78 is 5.45. The first-order valence-corrected chi connectivity index (χ1v) is 7.41. The number of hydrogen-bond donors (Lipinski definition) is 0. The molecule has 0 aliphatic carbocycles. The summed E-state index contributed by atoms with van der Waals surface area (Å²) in [6.45, 7) is 0.653. The van der Waals surface area contributed by atoms with Gasteiger partial charge in [-0.1, -0.05) is 18.2 Å². The molecule has 0 saturated carbocycles. The highest BCUT2D eigenvalue weighted by molar-refractivity contribution is 5.70. The number of hydrogen-bond acceptors (Lipinski definition) is 4. The van der Waals surface area contributed by atoms with Crippen LogP contribution in [-0.2, 0) is 9.78 Å². The van der Waals surface area contributed by atoms with Gasteiger partial charge in [0.05, 0.1) is 13.7 Å². The highest BCUT2D eigenvalue weighted by atomic mass is 17.2. The van der Waals surface area contributed by atoms with Gasteiger partial charge in [0.15, 0.2) is 0 Å². The van der Waals surface area contributed by atoms with E-state index in [4.69, 9.17) is 14.5 Å². The minimum absolute atomic E-state index is 0.0713. The zero-order valence-electron chi connectivity index (χ0n) is 12.6. The second-order valence-corrected chi connectivity index (χ2v) is 5.16. The largest absolute Gasteiger partial charge is 0.496 e. The Kier molecular flexibility index (Phi) is 4.83. The Morgan fingerprint density at radius 2 is 1.95 bits per heavy atom. The first kappa shape index (κ1) is 14.8. The van der Waals surface area contributed by atoms with Crippen LogP contribution in [0.2, 0.25) is 0 Å². The lowest BCUT2D eigenvalue weighted by molar-refractivity contribution is -0.348. The molecule has 4 nitrogen and oxygen atoms in total. The molecule has 0 N–H and O–H groups in total. The predicted molar refractivity (Wildman–Crippen MR) is 85.2 cm³/mol. The topological polar surface area (TPSA) is 40.6 Å². The lowest BCUT2D eigenvalue weighted by Crippen LogP contribution is -2.14. The van der Waals surface area contributed by atoms with Gasteiger partial charge in [0.25, 0.3) is 0 Å². The SMILES string of the molecule is COc1ccc(C=Cc2ccncc2)cc1C1CCCOO1. The Morgan fingerprint density at radius 3 is 2.68 bits per heavy atom. The molecule has 0 radical (unpaired) electrons. The van der Waals surface area contributed by atoms with Crippen LogP contribution in [0.3, 0.4) is 0 Å². The van der Waals surface area contributed by atoms with Crippen molar-refractivity contribution >= 4 is 12.2 Å². The molecule has 1 aliphatic heterocycles. The third kappa shape index (κ3) is 3.53. The molecule has 3 rings (SSSR count). The number of ether oxygens (including phenoxy) is 1. The summed E-state index contributed by atoms with van der Waals surface area (Å²) in [5.74, 6) is 0.830. The molecule has 1 aromatic carbocycles. The lowest BCUT2D eigenvalue weighted by atomic mass is 10.0. The molecule has 1 saturated heterocycles. The van der Waals surface area contributed by atoms with Crippen LogP contribution in [0.5, 0.6) is 5.75 Å². The van der Waals surface area contributed by atoms with E-state index in [1.807, 2.05) is 24.3 Å². The summed E-state index contributed by atoms with van der Waals surface area (Å²) in [6.07, 6.45) is 9.56. The van der Waals surface area contributed by atoms with E-state index in [9.17, 15) is 0 Å². The van der Waals surface area contributed by atoms with Crippen LogP contribution in [0.4, 0.5) is 0 Å². The van der Waals surface area contributed by atoms with E-state index in [0.29, 0.717) is 6.61 Å². The Bertz CT molecular complexity index is 634. The summed E-state index contributed by atoms with van der Waals surface area (Å²) >= 11 is 0. The van der Waals surface area contributed by atoms with Gasteiger partial charge in [0.1, 0.15) is 11.9 Å². The summed E-state index contributed by atoms with van der Waals surface area (Å²) in [6, 6.07) is 10.0. The molecule has 0 spiro atoms. The molecule has 1 unspecified atom stereocenters. The molecule has 0 amide bonds. The molecule has 1 aromatic heterocycles. The van der Waals surface area contributed by atoms with Gasteiger partial charge >= 0.3 is 0 Å². The maximum absolute atomic E-state index is 5.45. The number of benzene rings is 1. The average Bonchev–Trinajstić information content (AvgIpc) is 2.61. The Hall–Kier alpha value is -2.17. The van der Waals surface area contributed by atoms with Crippen molar-refractivity contribution in [2.45, 2.75) is 18.9 Å². The van der Waals surface area contributed by atoms with E-state index in [1.54, 1.807) is 19.5 Å². The fourth-order valence-electron chi connectivity index (χ4n) is 2.49. The third-order valence-corrected chi connectivity index (χ3v) is 3.65. The molecule has 1 aliphatic rings. The van der Waals surface area contributed by atoms with Crippen molar-refractivity contribution in [3.63, 3.8) is 0 Å². The molecule has 2 heterocycles. The van der Waals surface area contributed by atoms with Crippen LogP contribution < -0.4 is 4.74 Å². The number of nitrogens with zero attached hydrogens (tertiary/aromatic N) is 1. The zero-order valence-corrected chi connectivity index (χ0v) is 12.6. The Morgan fingerprint density at radius 1 is 1.14 bits per heavy atom. The van der Waals surface area contributed by atoms with E-state index in [1.165, 1.54) is 0 Å². The zero-order chi connectivity index (χ0) is 15.2. The van der Waals surface area contributed by atoms with Gasteiger partial charge in [-0.25, -0.2) is 9.78 Å². The first-order chi connectivity index (χ1) is 10.9. The number of rotatable bonds is 4. The predicted octanol–water partition coefficient (Wildman–Crippen LogP) is 4.04. The molecular weight excluding hydrogens is 278 g/mol. The molecule has 22 heavy (non-hydrogen) atoms. The van der Waals surface area contributed by atoms with Crippen molar-refractivity contribution in [1.82, 2.24) is 4.98 Å². The number of methoxy groups -OCH3 is 1. The van der Waals surface area contributed by atoms with Crippen molar-refractivity contribution in [3.8, 4) is 5.75 Å². The molecule has 1 atom stereocenters. The summed E-state index contributed by atoms with van der Waals surface area (Å²) in [5.41, 5.74) is 3.24.